The molecule has 0 aliphatic heterocycles. The van der Waals surface area contributed by atoms with Crippen LogP contribution in [0.2, 0.25) is 0 Å². The molecule has 0 radical (unpaired) electrons. The number of amides is 3. The molecule has 182 valence electrons. The number of nitrogens with one attached hydrogen (secondary N) is 2. The second-order valence-corrected chi connectivity index (χ2v) is 8.06. The Morgan fingerprint density at radius 3 is 2.39 bits per heavy atom. The van der Waals surface area contributed by atoms with Crippen LogP contribution in [0.25, 0.3) is 10.8 Å². The first-order chi connectivity index (χ1) is 17.4. The summed E-state index contributed by atoms with van der Waals surface area (Å²) in [5.41, 5.74) is 11.5. The Kier molecular flexibility index (Phi) is 7.45. The summed E-state index contributed by atoms with van der Waals surface area (Å²) in [4.78, 5) is 36.6. The standard InChI is InChI=1S/C28H25N3O5/c1-18(36-23-14-13-20-8-2-3-9-21(20)16-23)27(33)30-31-28(34)22-10-6-7-19(15-22)17-35-25-12-5-4-11-24(25)26(29)32/h2-16,18H,17H2,1H3,(H2,29,32)(H,30,33)(H,31,34). The maximum atomic E-state index is 12.6. The molecule has 4 N–H and O–H groups in total. The van der Waals surface area contributed by atoms with Gasteiger partial charge in [0.25, 0.3) is 17.7 Å². The SMILES string of the molecule is CC(Oc1ccc2ccccc2c1)C(=O)NNC(=O)c1cccc(COc2ccccc2C(N)=O)c1. The van der Waals surface area contributed by atoms with Crippen molar-refractivity contribution in [3.63, 3.8) is 0 Å². The van der Waals surface area contributed by atoms with Crippen molar-refractivity contribution in [1.29, 1.82) is 0 Å². The van der Waals surface area contributed by atoms with Gasteiger partial charge in [-0.2, -0.15) is 0 Å². The van der Waals surface area contributed by atoms with Gasteiger partial charge in [0, 0.05) is 5.56 Å². The van der Waals surface area contributed by atoms with Crippen LogP contribution in [0, 0.1) is 0 Å². The minimum absolute atomic E-state index is 0.119. The molecule has 8 nitrogen and oxygen atoms in total. The normalized spacial score (nSPS) is 11.4. The highest BCUT2D eigenvalue weighted by molar-refractivity contribution is 5.96. The third-order valence-electron chi connectivity index (χ3n) is 5.44. The van der Waals surface area contributed by atoms with E-state index in [0.29, 0.717) is 22.6 Å². The molecule has 4 rings (SSSR count). The highest BCUT2D eigenvalue weighted by Crippen LogP contribution is 2.22. The number of benzene rings is 4. The number of hydrazine groups is 1. The number of carbonyl (C=O) groups is 3. The summed E-state index contributed by atoms with van der Waals surface area (Å²) in [5.74, 6) is -0.686. The third-order valence-corrected chi connectivity index (χ3v) is 5.44. The molecule has 4 aromatic carbocycles. The van der Waals surface area contributed by atoms with Gasteiger partial charge in [-0.05, 0) is 59.7 Å². The first kappa shape index (κ1) is 24.3. The lowest BCUT2D eigenvalue weighted by Gasteiger charge is -2.16. The van der Waals surface area contributed by atoms with Crippen LogP contribution in [-0.2, 0) is 11.4 Å². The van der Waals surface area contributed by atoms with Crippen molar-refractivity contribution in [1.82, 2.24) is 10.9 Å². The van der Waals surface area contributed by atoms with E-state index in [0.717, 1.165) is 10.8 Å². The highest BCUT2D eigenvalue weighted by atomic mass is 16.5. The zero-order valence-corrected chi connectivity index (χ0v) is 19.6. The maximum Gasteiger partial charge on any atom is 0.279 e. The molecule has 3 amide bonds. The fourth-order valence-electron chi connectivity index (χ4n) is 3.55. The Morgan fingerprint density at radius 1 is 0.833 bits per heavy atom. The van der Waals surface area contributed by atoms with E-state index in [2.05, 4.69) is 10.9 Å². The molecule has 0 aliphatic carbocycles. The van der Waals surface area contributed by atoms with E-state index < -0.39 is 23.8 Å². The molecule has 0 fully saturated rings. The van der Waals surface area contributed by atoms with E-state index in [9.17, 15) is 14.4 Å². The van der Waals surface area contributed by atoms with Crippen LogP contribution in [0.5, 0.6) is 11.5 Å². The Bertz CT molecular complexity index is 1420. The smallest absolute Gasteiger partial charge is 0.279 e. The average molecular weight is 484 g/mol. The summed E-state index contributed by atoms with van der Waals surface area (Å²) in [7, 11) is 0. The van der Waals surface area contributed by atoms with Gasteiger partial charge in [-0.15, -0.1) is 0 Å². The average Bonchev–Trinajstić information content (AvgIpc) is 2.90. The lowest BCUT2D eigenvalue weighted by molar-refractivity contribution is -0.128. The van der Waals surface area contributed by atoms with E-state index in [4.69, 9.17) is 15.2 Å². The van der Waals surface area contributed by atoms with Gasteiger partial charge in [-0.25, -0.2) is 0 Å². The van der Waals surface area contributed by atoms with Gasteiger partial charge in [-0.3, -0.25) is 25.2 Å². The van der Waals surface area contributed by atoms with E-state index in [1.807, 2.05) is 36.4 Å². The molecule has 8 heteroatoms. The van der Waals surface area contributed by atoms with Crippen molar-refractivity contribution in [2.75, 3.05) is 0 Å². The fraction of sp³-hybridized carbons (Fsp3) is 0.107. The van der Waals surface area contributed by atoms with E-state index in [1.165, 1.54) is 0 Å². The largest absolute Gasteiger partial charge is 0.488 e. The number of nitrogens with two attached hydrogens (primary N) is 1. The molecule has 0 saturated carbocycles. The second kappa shape index (κ2) is 11.1. The molecule has 0 aliphatic rings. The van der Waals surface area contributed by atoms with Gasteiger partial charge >= 0.3 is 0 Å². The molecule has 0 saturated heterocycles. The van der Waals surface area contributed by atoms with Crippen LogP contribution < -0.4 is 26.1 Å². The molecule has 0 aromatic heterocycles. The van der Waals surface area contributed by atoms with Crippen LogP contribution in [0.1, 0.15) is 33.2 Å². The van der Waals surface area contributed by atoms with E-state index in [-0.39, 0.29) is 12.2 Å². The minimum Gasteiger partial charge on any atom is -0.488 e. The number of hydrogen-bond acceptors (Lipinski definition) is 5. The summed E-state index contributed by atoms with van der Waals surface area (Å²) in [6.45, 7) is 1.72. The van der Waals surface area contributed by atoms with Crippen molar-refractivity contribution in [2.45, 2.75) is 19.6 Å². The molecule has 4 aromatic rings. The highest BCUT2D eigenvalue weighted by Gasteiger charge is 2.16. The number of rotatable bonds is 8. The second-order valence-electron chi connectivity index (χ2n) is 8.06. The van der Waals surface area contributed by atoms with Crippen LogP contribution in [0.3, 0.4) is 0 Å². The molecule has 0 bridgehead atoms. The zero-order valence-electron chi connectivity index (χ0n) is 19.6. The predicted molar refractivity (Wildman–Crippen MR) is 135 cm³/mol. The van der Waals surface area contributed by atoms with Gasteiger partial charge in [0.1, 0.15) is 18.1 Å². The van der Waals surface area contributed by atoms with Gasteiger partial charge in [0.2, 0.25) is 0 Å². The molecule has 0 spiro atoms. The van der Waals surface area contributed by atoms with Crippen LogP contribution >= 0.6 is 0 Å². The Hall–Kier alpha value is -4.85. The quantitative estimate of drug-likeness (QED) is 0.330. The Balaban J connectivity index is 1.31. The summed E-state index contributed by atoms with van der Waals surface area (Å²) < 4.78 is 11.4. The molecule has 0 heterocycles. The molecule has 36 heavy (non-hydrogen) atoms. The lowest BCUT2D eigenvalue weighted by atomic mass is 10.1. The third kappa shape index (κ3) is 5.98. The number of ether oxygens (including phenoxy) is 2. The van der Waals surface area contributed by atoms with Crippen molar-refractivity contribution >= 4 is 28.5 Å². The zero-order chi connectivity index (χ0) is 25.5. The van der Waals surface area contributed by atoms with Crippen molar-refractivity contribution in [3.8, 4) is 11.5 Å². The molecule has 1 atom stereocenters. The van der Waals surface area contributed by atoms with Gasteiger partial charge < -0.3 is 15.2 Å². The molecule has 1 unspecified atom stereocenters. The van der Waals surface area contributed by atoms with Crippen molar-refractivity contribution in [3.05, 3.63) is 108 Å². The summed E-state index contributed by atoms with van der Waals surface area (Å²) in [6, 6.07) is 26.8. The predicted octanol–water partition coefficient (Wildman–Crippen LogP) is 3.75. The number of hydrogen-bond donors (Lipinski definition) is 3. The number of carbonyl (C=O) groups excluding carboxylic acids is 3. The van der Waals surface area contributed by atoms with Crippen molar-refractivity contribution in [2.24, 2.45) is 5.73 Å². The van der Waals surface area contributed by atoms with E-state index in [1.54, 1.807) is 61.5 Å². The monoisotopic (exact) mass is 483 g/mol. The molecular weight excluding hydrogens is 458 g/mol. The molecular formula is C28H25N3O5. The van der Waals surface area contributed by atoms with Gasteiger partial charge in [0.05, 0.1) is 5.56 Å². The summed E-state index contributed by atoms with van der Waals surface area (Å²) >= 11 is 0. The van der Waals surface area contributed by atoms with Crippen molar-refractivity contribution < 1.29 is 23.9 Å². The first-order valence-corrected chi connectivity index (χ1v) is 11.3. The fourth-order valence-corrected chi connectivity index (χ4v) is 3.55. The van der Waals surface area contributed by atoms with Crippen LogP contribution in [0.15, 0.2) is 91.0 Å². The van der Waals surface area contributed by atoms with Gasteiger partial charge in [0.15, 0.2) is 6.10 Å². The van der Waals surface area contributed by atoms with Crippen LogP contribution in [-0.4, -0.2) is 23.8 Å². The first-order valence-electron chi connectivity index (χ1n) is 11.3. The van der Waals surface area contributed by atoms with Gasteiger partial charge in [-0.1, -0.05) is 54.6 Å². The van der Waals surface area contributed by atoms with Crippen LogP contribution in [0.4, 0.5) is 0 Å². The number of fused-ring (bicyclic) bond motifs is 1. The summed E-state index contributed by atoms with van der Waals surface area (Å²) in [5, 5.41) is 2.07. The Morgan fingerprint density at radius 2 is 1.58 bits per heavy atom. The minimum atomic E-state index is -0.837. The number of para-hydroxylation sites is 1. The maximum absolute atomic E-state index is 12.6. The van der Waals surface area contributed by atoms with E-state index >= 15 is 0 Å². The lowest BCUT2D eigenvalue weighted by Crippen LogP contribution is -2.47. The Labute approximate surface area is 208 Å². The summed E-state index contributed by atoms with van der Waals surface area (Å²) in [6.07, 6.45) is -0.837. The topological polar surface area (TPSA) is 120 Å². The number of primary amides is 1.